The van der Waals surface area contributed by atoms with Gasteiger partial charge in [-0.1, -0.05) is 17.9 Å². The standard InChI is InChI=1S/C33H36F3N7O3S/c1-5-24(44)42-13-18(3)43(14-17(42)2)30-21-11-23(45-4)25(20-7-8-22(35)29-28(20)38-31(37)47-29)26(36)27(21)39-32(40-30)46-16-33-9-6-10-41(33)15-19(34)12-33/h5,7-8,11,17-19H,1,6,9-10,12-16H2,2-4H3,(H2,37,38). The monoisotopic (exact) mass is 667 g/mol. The summed E-state index contributed by atoms with van der Waals surface area (Å²) in [4.78, 5) is 32.2. The van der Waals surface area contributed by atoms with Crippen LogP contribution in [0.5, 0.6) is 11.8 Å². The van der Waals surface area contributed by atoms with Gasteiger partial charge in [0.05, 0.1) is 28.4 Å². The van der Waals surface area contributed by atoms with Crippen molar-refractivity contribution in [1.29, 1.82) is 0 Å². The highest BCUT2D eigenvalue weighted by Crippen LogP contribution is 2.45. The molecule has 2 aromatic carbocycles. The predicted octanol–water partition coefficient (Wildman–Crippen LogP) is 5.34. The van der Waals surface area contributed by atoms with Gasteiger partial charge < -0.3 is 25.0 Å². The second kappa shape index (κ2) is 11.8. The van der Waals surface area contributed by atoms with Crippen LogP contribution in [0.2, 0.25) is 0 Å². The zero-order valence-electron chi connectivity index (χ0n) is 26.4. The number of piperazine rings is 1. The number of hydrogen-bond donors (Lipinski definition) is 1. The molecule has 3 fully saturated rings. The van der Waals surface area contributed by atoms with E-state index in [0.29, 0.717) is 42.8 Å². The highest BCUT2D eigenvalue weighted by Gasteiger charge is 2.49. The van der Waals surface area contributed by atoms with Crippen molar-refractivity contribution < 1.29 is 27.4 Å². The van der Waals surface area contributed by atoms with Gasteiger partial charge in [-0.3, -0.25) is 9.69 Å². The van der Waals surface area contributed by atoms with Crippen molar-refractivity contribution in [3.05, 3.63) is 42.5 Å². The van der Waals surface area contributed by atoms with Crippen LogP contribution in [0.4, 0.5) is 24.1 Å². The number of halogens is 3. The highest BCUT2D eigenvalue weighted by molar-refractivity contribution is 7.22. The fraction of sp³-hybridized carbons (Fsp3) is 0.455. The van der Waals surface area contributed by atoms with Crippen LogP contribution in [0.25, 0.3) is 32.2 Å². The maximum absolute atomic E-state index is 17.0. The van der Waals surface area contributed by atoms with Crippen molar-refractivity contribution >= 4 is 49.3 Å². The summed E-state index contributed by atoms with van der Waals surface area (Å²) in [5, 5.41) is 0.520. The molecular weight excluding hydrogens is 631 g/mol. The third-order valence-corrected chi connectivity index (χ3v) is 10.7. The van der Waals surface area contributed by atoms with Crippen LogP contribution in [0.1, 0.15) is 33.1 Å². The number of thiazole rings is 1. The summed E-state index contributed by atoms with van der Waals surface area (Å²) in [6.45, 7) is 9.63. The molecule has 4 atom stereocenters. The number of carbonyl (C=O) groups excluding carboxylic acids is 1. The minimum atomic E-state index is -0.941. The molecule has 7 rings (SSSR count). The fourth-order valence-electron chi connectivity index (χ4n) is 7.55. The number of carbonyl (C=O) groups is 1. The molecule has 248 valence electrons. The van der Waals surface area contributed by atoms with Crippen molar-refractivity contribution in [2.45, 2.75) is 56.9 Å². The summed E-state index contributed by atoms with van der Waals surface area (Å²) in [5.41, 5.74) is 6.00. The van der Waals surface area contributed by atoms with Crippen LogP contribution in [0.15, 0.2) is 30.9 Å². The van der Waals surface area contributed by atoms with Crippen LogP contribution >= 0.6 is 11.3 Å². The summed E-state index contributed by atoms with van der Waals surface area (Å²) < 4.78 is 58.5. The van der Waals surface area contributed by atoms with Crippen molar-refractivity contribution in [2.75, 3.05) is 50.5 Å². The van der Waals surface area contributed by atoms with Gasteiger partial charge in [0.1, 0.15) is 35.7 Å². The molecule has 4 unspecified atom stereocenters. The summed E-state index contributed by atoms with van der Waals surface area (Å²) in [5.74, 6) is -0.822. The van der Waals surface area contributed by atoms with E-state index in [2.05, 4.69) is 21.4 Å². The molecule has 0 saturated carbocycles. The van der Waals surface area contributed by atoms with E-state index in [4.69, 9.17) is 20.2 Å². The molecule has 47 heavy (non-hydrogen) atoms. The SMILES string of the molecule is C=CC(=O)N1CC(C)N(c2nc(OCC34CCCN3CC(F)C4)nc3c(F)c(-c4ccc(F)c5sc(N)nc45)c(OC)cc23)CC1C. The maximum Gasteiger partial charge on any atom is 0.319 e. The zero-order chi connectivity index (χ0) is 33.2. The van der Waals surface area contributed by atoms with E-state index in [1.54, 1.807) is 11.0 Å². The molecule has 5 heterocycles. The van der Waals surface area contributed by atoms with Gasteiger partial charge in [0.15, 0.2) is 10.9 Å². The number of aromatic nitrogens is 3. The van der Waals surface area contributed by atoms with Crippen molar-refractivity contribution in [2.24, 2.45) is 0 Å². The Hall–Kier alpha value is -4.17. The van der Waals surface area contributed by atoms with E-state index >= 15 is 4.39 Å². The van der Waals surface area contributed by atoms with Crippen LogP contribution in [0.3, 0.4) is 0 Å². The number of rotatable bonds is 7. The Morgan fingerprint density at radius 1 is 1.17 bits per heavy atom. The number of alkyl halides is 1. The number of nitrogen functional groups attached to an aromatic ring is 1. The van der Waals surface area contributed by atoms with Gasteiger partial charge in [-0.05, 0) is 57.5 Å². The Bertz CT molecular complexity index is 1910. The van der Waals surface area contributed by atoms with E-state index in [9.17, 15) is 13.6 Å². The zero-order valence-corrected chi connectivity index (χ0v) is 27.2. The average molecular weight is 668 g/mol. The lowest BCUT2D eigenvalue weighted by Crippen LogP contribution is -2.58. The van der Waals surface area contributed by atoms with Crippen LogP contribution < -0.4 is 20.1 Å². The third-order valence-electron chi connectivity index (χ3n) is 9.80. The lowest BCUT2D eigenvalue weighted by atomic mass is 9.95. The Morgan fingerprint density at radius 3 is 2.74 bits per heavy atom. The summed E-state index contributed by atoms with van der Waals surface area (Å²) >= 11 is 0.975. The minimum Gasteiger partial charge on any atom is -0.496 e. The van der Waals surface area contributed by atoms with Crippen LogP contribution in [0, 0.1) is 11.6 Å². The smallest absolute Gasteiger partial charge is 0.319 e. The minimum absolute atomic E-state index is 0.0264. The second-order valence-electron chi connectivity index (χ2n) is 12.7. The van der Waals surface area contributed by atoms with Gasteiger partial charge in [0.2, 0.25) is 5.91 Å². The molecule has 14 heteroatoms. The van der Waals surface area contributed by atoms with Gasteiger partial charge in [-0.25, -0.2) is 18.2 Å². The number of anilines is 2. The summed E-state index contributed by atoms with van der Waals surface area (Å²) in [6.07, 6.45) is 2.44. The summed E-state index contributed by atoms with van der Waals surface area (Å²) in [6, 6.07) is 3.90. The average Bonchev–Trinajstić information content (AvgIpc) is 3.72. The first-order valence-corrected chi connectivity index (χ1v) is 16.5. The molecule has 10 nitrogen and oxygen atoms in total. The highest BCUT2D eigenvalue weighted by atomic mass is 32.1. The molecule has 1 amide bonds. The molecule has 4 aromatic rings. The molecular formula is C33H36F3N7O3S. The number of nitrogens with zero attached hydrogens (tertiary/aromatic N) is 6. The van der Waals surface area contributed by atoms with Crippen molar-refractivity contribution in [3.63, 3.8) is 0 Å². The number of ether oxygens (including phenoxy) is 2. The molecule has 0 spiro atoms. The second-order valence-corrected chi connectivity index (χ2v) is 13.8. The first-order valence-electron chi connectivity index (χ1n) is 15.7. The van der Waals surface area contributed by atoms with Crippen molar-refractivity contribution in [1.82, 2.24) is 24.8 Å². The Morgan fingerprint density at radius 2 is 1.98 bits per heavy atom. The molecule has 2 aromatic heterocycles. The normalized spacial score (nSPS) is 24.7. The molecule has 3 aliphatic rings. The molecule has 0 radical (unpaired) electrons. The lowest BCUT2D eigenvalue weighted by Gasteiger charge is -2.44. The first kappa shape index (κ1) is 31.4. The maximum atomic E-state index is 17.0. The van der Waals surface area contributed by atoms with E-state index in [1.807, 2.05) is 18.7 Å². The Balaban J connectivity index is 1.39. The number of benzene rings is 2. The number of amides is 1. The molecule has 3 saturated heterocycles. The predicted molar refractivity (Wildman–Crippen MR) is 176 cm³/mol. The van der Waals surface area contributed by atoms with E-state index < -0.39 is 23.3 Å². The van der Waals surface area contributed by atoms with Gasteiger partial charge in [-0.15, -0.1) is 0 Å². The van der Waals surface area contributed by atoms with Crippen molar-refractivity contribution in [3.8, 4) is 22.9 Å². The fourth-order valence-corrected chi connectivity index (χ4v) is 8.31. The third kappa shape index (κ3) is 5.21. The number of hydrogen-bond acceptors (Lipinski definition) is 10. The number of methoxy groups -OCH3 is 1. The van der Waals surface area contributed by atoms with Gasteiger partial charge in [0.25, 0.3) is 0 Å². The van der Waals surface area contributed by atoms with Crippen LogP contribution in [-0.2, 0) is 4.79 Å². The first-order chi connectivity index (χ1) is 22.5. The quantitative estimate of drug-likeness (QED) is 0.261. The van der Waals surface area contributed by atoms with Gasteiger partial charge in [0, 0.05) is 49.1 Å². The molecule has 2 N–H and O–H groups in total. The molecule has 0 aliphatic carbocycles. The topological polar surface area (TPSA) is 110 Å². The number of nitrogens with two attached hydrogens (primary N) is 1. The summed E-state index contributed by atoms with van der Waals surface area (Å²) in [7, 11) is 1.43. The molecule has 0 bridgehead atoms. The van der Waals surface area contributed by atoms with E-state index in [0.717, 1.165) is 30.7 Å². The van der Waals surface area contributed by atoms with Crippen LogP contribution in [-0.4, -0.2) is 94.3 Å². The largest absolute Gasteiger partial charge is 0.496 e. The van der Waals surface area contributed by atoms with E-state index in [1.165, 1.54) is 25.3 Å². The number of fused-ring (bicyclic) bond motifs is 3. The molecule has 3 aliphatic heterocycles. The Kier molecular flexibility index (Phi) is 7.90. The van der Waals surface area contributed by atoms with Gasteiger partial charge in [-0.2, -0.15) is 9.97 Å². The lowest BCUT2D eigenvalue weighted by molar-refractivity contribution is -0.128. The van der Waals surface area contributed by atoms with Gasteiger partial charge >= 0.3 is 6.01 Å². The van der Waals surface area contributed by atoms with E-state index in [-0.39, 0.29) is 62.8 Å². The Labute approximate surface area is 274 Å².